The van der Waals surface area contributed by atoms with Gasteiger partial charge in [0.1, 0.15) is 23.3 Å². The second-order valence-electron chi connectivity index (χ2n) is 9.32. The molecule has 0 saturated carbocycles. The summed E-state index contributed by atoms with van der Waals surface area (Å²) in [5.74, 6) is 0.851. The zero-order valence-corrected chi connectivity index (χ0v) is 18.6. The minimum Gasteiger partial charge on any atom is -0.507 e. The molecule has 1 saturated heterocycles. The van der Waals surface area contributed by atoms with E-state index in [1.54, 1.807) is 12.1 Å². The maximum atomic E-state index is 13.1. The first-order chi connectivity index (χ1) is 14.7. The molecule has 0 radical (unpaired) electrons. The van der Waals surface area contributed by atoms with Crippen molar-refractivity contribution in [1.29, 1.82) is 0 Å². The lowest BCUT2D eigenvalue weighted by Gasteiger charge is -2.32. The van der Waals surface area contributed by atoms with Crippen molar-refractivity contribution in [3.05, 3.63) is 64.0 Å². The summed E-state index contributed by atoms with van der Waals surface area (Å²) in [7, 11) is 2.10. The smallest absolute Gasteiger partial charge is 0.235 e. The van der Waals surface area contributed by atoms with E-state index in [1.165, 1.54) is 11.8 Å². The van der Waals surface area contributed by atoms with E-state index in [-0.39, 0.29) is 22.3 Å². The average molecular weight is 423 g/mol. The molecule has 6 heteroatoms. The van der Waals surface area contributed by atoms with Gasteiger partial charge in [-0.05, 0) is 42.3 Å². The minimum atomic E-state index is -0.249. The number of hydrogen-bond donors (Lipinski definition) is 1. The molecule has 2 aromatic carbocycles. The predicted molar refractivity (Wildman–Crippen MR) is 122 cm³/mol. The first-order valence-electron chi connectivity index (χ1n) is 10.7. The molecule has 1 fully saturated rings. The molecule has 1 aromatic heterocycles. The molecule has 1 aliphatic rings. The Hall–Kier alpha value is -2.83. The van der Waals surface area contributed by atoms with E-state index in [2.05, 4.69) is 37.6 Å². The molecular weight excluding hydrogens is 392 g/mol. The topological polar surface area (TPSA) is 66.2 Å². The third-order valence-electron chi connectivity index (χ3n) is 5.91. The van der Waals surface area contributed by atoms with Crippen LogP contribution in [0.5, 0.6) is 17.2 Å². The van der Waals surface area contributed by atoms with Gasteiger partial charge in [0.15, 0.2) is 0 Å². The summed E-state index contributed by atoms with van der Waals surface area (Å²) in [5, 5.41) is 10.9. The van der Waals surface area contributed by atoms with Crippen molar-refractivity contribution in [3.63, 3.8) is 0 Å². The third-order valence-corrected chi connectivity index (χ3v) is 5.91. The van der Waals surface area contributed by atoms with Gasteiger partial charge in [-0.25, -0.2) is 0 Å². The average Bonchev–Trinajstić information content (AvgIpc) is 2.73. The predicted octanol–water partition coefficient (Wildman–Crippen LogP) is 4.34. The molecule has 0 unspecified atom stereocenters. The number of hydrogen-bond acceptors (Lipinski definition) is 6. The molecule has 31 heavy (non-hydrogen) atoms. The molecule has 1 aliphatic heterocycles. The summed E-state index contributed by atoms with van der Waals surface area (Å²) < 4.78 is 11.7. The molecule has 164 valence electrons. The lowest BCUT2D eigenvalue weighted by molar-refractivity contribution is 0.147. The second-order valence-corrected chi connectivity index (χ2v) is 9.32. The molecule has 2 heterocycles. The summed E-state index contributed by atoms with van der Waals surface area (Å²) in [4.78, 5) is 17.6. The Morgan fingerprint density at radius 3 is 2.35 bits per heavy atom. The first-order valence-corrected chi connectivity index (χ1v) is 10.7. The van der Waals surface area contributed by atoms with E-state index < -0.39 is 0 Å². The lowest BCUT2D eigenvalue weighted by Crippen LogP contribution is -2.43. The van der Waals surface area contributed by atoms with Crippen LogP contribution in [0.2, 0.25) is 0 Å². The van der Waals surface area contributed by atoms with Crippen molar-refractivity contribution in [2.24, 2.45) is 0 Å². The number of fused-ring (bicyclic) bond motifs is 1. The highest BCUT2D eigenvalue weighted by Gasteiger charge is 2.20. The van der Waals surface area contributed by atoms with Crippen molar-refractivity contribution in [3.8, 4) is 17.2 Å². The number of likely N-dealkylation sites (N-methyl/N-ethyl adjacent to an activating group) is 1. The summed E-state index contributed by atoms with van der Waals surface area (Å²) >= 11 is 0. The number of benzene rings is 2. The maximum absolute atomic E-state index is 13.1. The first kappa shape index (κ1) is 21.4. The molecule has 1 N–H and O–H groups in total. The number of phenols is 1. The van der Waals surface area contributed by atoms with Gasteiger partial charge in [-0.15, -0.1) is 0 Å². The van der Waals surface area contributed by atoms with Crippen LogP contribution in [0, 0.1) is 0 Å². The summed E-state index contributed by atoms with van der Waals surface area (Å²) in [5.41, 5.74) is 2.04. The van der Waals surface area contributed by atoms with Gasteiger partial charge in [-0.3, -0.25) is 9.69 Å². The quantitative estimate of drug-likeness (QED) is 0.675. The van der Waals surface area contributed by atoms with Gasteiger partial charge >= 0.3 is 0 Å². The van der Waals surface area contributed by atoms with Crippen molar-refractivity contribution in [2.75, 3.05) is 33.2 Å². The molecule has 4 rings (SSSR count). The van der Waals surface area contributed by atoms with Crippen molar-refractivity contribution in [2.45, 2.75) is 32.7 Å². The fraction of sp³-hybridized carbons (Fsp3) is 0.400. The van der Waals surface area contributed by atoms with E-state index >= 15 is 0 Å². The van der Waals surface area contributed by atoms with Crippen LogP contribution < -0.4 is 10.2 Å². The van der Waals surface area contributed by atoms with Crippen LogP contribution in [0.25, 0.3) is 11.0 Å². The molecule has 0 spiro atoms. The number of aromatic hydroxyl groups is 1. The summed E-state index contributed by atoms with van der Waals surface area (Å²) in [6.45, 7) is 10.7. The fourth-order valence-electron chi connectivity index (χ4n) is 3.83. The number of phenolic OH excluding ortho intramolecular Hbond substituents is 1. The zero-order chi connectivity index (χ0) is 22.2. The third kappa shape index (κ3) is 4.60. The minimum absolute atomic E-state index is 0.0443. The van der Waals surface area contributed by atoms with Gasteiger partial charge in [-0.1, -0.05) is 32.9 Å². The summed E-state index contributed by atoms with van der Waals surface area (Å²) in [6, 6.07) is 10.9. The van der Waals surface area contributed by atoms with E-state index in [0.29, 0.717) is 28.8 Å². The van der Waals surface area contributed by atoms with Crippen molar-refractivity contribution < 1.29 is 14.3 Å². The van der Waals surface area contributed by atoms with E-state index in [4.69, 9.17) is 9.15 Å². The molecule has 0 aliphatic carbocycles. The Kier molecular flexibility index (Phi) is 5.77. The number of ether oxygens (including phenoxy) is 1. The Morgan fingerprint density at radius 2 is 1.71 bits per heavy atom. The van der Waals surface area contributed by atoms with Gasteiger partial charge in [0.25, 0.3) is 0 Å². The Balaban J connectivity index is 1.62. The van der Waals surface area contributed by atoms with Crippen LogP contribution >= 0.6 is 0 Å². The van der Waals surface area contributed by atoms with Crippen LogP contribution in [-0.4, -0.2) is 48.1 Å². The van der Waals surface area contributed by atoms with Crippen LogP contribution in [0.1, 0.15) is 31.9 Å². The summed E-state index contributed by atoms with van der Waals surface area (Å²) in [6.07, 6.45) is 1.34. The van der Waals surface area contributed by atoms with Gasteiger partial charge in [0.05, 0.1) is 10.9 Å². The Bertz CT molecular complexity index is 1120. The molecule has 0 atom stereocenters. The molecule has 3 aromatic rings. The molecule has 6 nitrogen and oxygen atoms in total. The van der Waals surface area contributed by atoms with E-state index in [9.17, 15) is 9.90 Å². The number of rotatable bonds is 4. The van der Waals surface area contributed by atoms with Crippen LogP contribution in [0.15, 0.2) is 51.9 Å². The Morgan fingerprint density at radius 1 is 1.03 bits per heavy atom. The Labute approximate surface area is 182 Å². The van der Waals surface area contributed by atoms with Crippen LogP contribution in [0.4, 0.5) is 0 Å². The van der Waals surface area contributed by atoms with Crippen molar-refractivity contribution >= 4 is 11.0 Å². The van der Waals surface area contributed by atoms with Gasteiger partial charge in [0, 0.05) is 32.7 Å². The second kappa shape index (κ2) is 8.36. The molecule has 0 amide bonds. The van der Waals surface area contributed by atoms with Gasteiger partial charge in [-0.2, -0.15) is 0 Å². The highest BCUT2D eigenvalue weighted by molar-refractivity contribution is 5.83. The number of piperazine rings is 1. The largest absolute Gasteiger partial charge is 0.507 e. The zero-order valence-electron chi connectivity index (χ0n) is 18.6. The highest BCUT2D eigenvalue weighted by Crippen LogP contribution is 2.30. The highest BCUT2D eigenvalue weighted by atomic mass is 16.5. The van der Waals surface area contributed by atoms with Gasteiger partial charge in [0.2, 0.25) is 11.2 Å². The van der Waals surface area contributed by atoms with E-state index in [1.807, 2.05) is 24.3 Å². The molecular formula is C25H30N2O4. The normalized spacial score (nSPS) is 16.0. The molecule has 0 bridgehead atoms. The lowest BCUT2D eigenvalue weighted by atomic mass is 9.87. The van der Waals surface area contributed by atoms with Crippen LogP contribution in [-0.2, 0) is 12.0 Å². The SMILES string of the molecule is CN1CCN(Cc2c(O)ccc3c(=O)c(Oc4ccc(C(C)(C)C)cc4)coc23)CC1. The van der Waals surface area contributed by atoms with Gasteiger partial charge < -0.3 is 19.2 Å². The number of nitrogens with zero attached hydrogens (tertiary/aromatic N) is 2. The van der Waals surface area contributed by atoms with E-state index in [0.717, 1.165) is 26.2 Å². The fourth-order valence-corrected chi connectivity index (χ4v) is 3.83. The van der Waals surface area contributed by atoms with Crippen LogP contribution in [0.3, 0.4) is 0 Å². The monoisotopic (exact) mass is 422 g/mol. The standard InChI is InChI=1S/C25H30N2O4/c1-25(2,3)17-5-7-18(8-6-17)31-22-16-30-24-19(23(22)29)9-10-21(28)20(24)15-27-13-11-26(4)12-14-27/h5-10,16,28H,11-15H2,1-4H3. The van der Waals surface area contributed by atoms with Crippen molar-refractivity contribution in [1.82, 2.24) is 9.80 Å². The maximum Gasteiger partial charge on any atom is 0.235 e.